The molecule has 0 aromatic rings. The van der Waals surface area contributed by atoms with E-state index < -0.39 is 0 Å². The second-order valence-corrected chi connectivity index (χ2v) is 3.62. The monoisotopic (exact) mass is 188 g/mol. The minimum atomic E-state index is 1.23. The van der Waals surface area contributed by atoms with Gasteiger partial charge < -0.3 is 0 Å². The van der Waals surface area contributed by atoms with Crippen molar-refractivity contribution in [1.29, 1.82) is 0 Å². The quantitative estimate of drug-likeness (QED) is 0.522. The Kier molecular flexibility index (Phi) is 6.74. The number of hydrogen-bond acceptors (Lipinski definition) is 0. The second kappa shape index (κ2) is 8.55. The van der Waals surface area contributed by atoms with Crippen molar-refractivity contribution in [2.45, 2.75) is 38.5 Å². The Balaban J connectivity index is 2.36. The van der Waals surface area contributed by atoms with Crippen LogP contribution in [0.5, 0.6) is 0 Å². The summed E-state index contributed by atoms with van der Waals surface area (Å²) in [7, 11) is 0. The van der Waals surface area contributed by atoms with E-state index in [9.17, 15) is 0 Å². The van der Waals surface area contributed by atoms with Gasteiger partial charge in [-0.15, -0.1) is 0 Å². The van der Waals surface area contributed by atoms with Gasteiger partial charge in [-0.05, 0) is 25.7 Å². The molecule has 0 spiro atoms. The maximum atomic E-state index is 2.26. The lowest BCUT2D eigenvalue weighted by molar-refractivity contribution is 0.652. The third kappa shape index (κ3) is 6.47. The molecule has 0 fully saturated rings. The van der Waals surface area contributed by atoms with E-state index in [-0.39, 0.29) is 0 Å². The second-order valence-electron chi connectivity index (χ2n) is 3.62. The summed E-state index contributed by atoms with van der Waals surface area (Å²) in [5.41, 5.74) is 0. The van der Waals surface area contributed by atoms with Gasteiger partial charge >= 0.3 is 0 Å². The van der Waals surface area contributed by atoms with E-state index in [1.54, 1.807) is 0 Å². The van der Waals surface area contributed by atoms with E-state index in [1.807, 2.05) is 0 Å². The Morgan fingerprint density at radius 3 is 1.36 bits per heavy atom. The molecule has 1 rings (SSSR count). The van der Waals surface area contributed by atoms with Gasteiger partial charge in [0.2, 0.25) is 0 Å². The van der Waals surface area contributed by atoms with Crippen molar-refractivity contribution in [3.63, 3.8) is 0 Å². The van der Waals surface area contributed by atoms with Crippen LogP contribution in [0.1, 0.15) is 38.5 Å². The van der Waals surface area contributed by atoms with E-state index in [4.69, 9.17) is 0 Å². The van der Waals surface area contributed by atoms with E-state index in [0.717, 1.165) is 0 Å². The lowest BCUT2D eigenvalue weighted by Gasteiger charge is -1.96. The largest absolute Gasteiger partial charge is 0.0845 e. The molecule has 14 heavy (non-hydrogen) atoms. The molecule has 0 heterocycles. The molecule has 0 aromatic carbocycles. The highest BCUT2D eigenvalue weighted by atomic mass is 13.9. The Morgan fingerprint density at radius 2 is 0.857 bits per heavy atom. The van der Waals surface area contributed by atoms with E-state index in [0.29, 0.717) is 0 Å². The average molecular weight is 188 g/mol. The smallest absolute Gasteiger partial charge is 0.0348 e. The fraction of sp³-hybridized carbons (Fsp3) is 0.429. The summed E-state index contributed by atoms with van der Waals surface area (Å²) in [5.74, 6) is 0. The first-order valence-corrected chi connectivity index (χ1v) is 5.65. The molecule has 0 bridgehead atoms. The molecule has 0 atom stereocenters. The van der Waals surface area contributed by atoms with Crippen LogP contribution in [0.4, 0.5) is 0 Å². The first kappa shape index (κ1) is 11.0. The lowest BCUT2D eigenvalue weighted by Crippen LogP contribution is -1.76. The summed E-state index contributed by atoms with van der Waals surface area (Å²) in [6, 6.07) is 0. The highest BCUT2D eigenvalue weighted by Crippen LogP contribution is 2.06. The van der Waals surface area contributed by atoms with Crippen molar-refractivity contribution in [3.05, 3.63) is 48.6 Å². The zero-order valence-corrected chi connectivity index (χ0v) is 8.86. The van der Waals surface area contributed by atoms with Crippen molar-refractivity contribution >= 4 is 0 Å². The molecule has 0 amide bonds. The van der Waals surface area contributed by atoms with Crippen molar-refractivity contribution in [2.24, 2.45) is 0 Å². The predicted octanol–water partition coefficient (Wildman–Crippen LogP) is 4.57. The van der Waals surface area contributed by atoms with Crippen LogP contribution in [-0.2, 0) is 0 Å². The van der Waals surface area contributed by atoms with Crippen LogP contribution in [0.15, 0.2) is 48.6 Å². The van der Waals surface area contributed by atoms with Gasteiger partial charge in [0.05, 0.1) is 0 Å². The Morgan fingerprint density at radius 1 is 0.429 bits per heavy atom. The molecule has 1 aliphatic rings. The molecule has 0 saturated heterocycles. The molecule has 0 saturated carbocycles. The third-order valence-corrected chi connectivity index (χ3v) is 2.32. The SMILES string of the molecule is C1=C/C=C\C=C\CCCCCCC=C1. The van der Waals surface area contributed by atoms with Gasteiger partial charge in [-0.25, -0.2) is 0 Å². The average Bonchev–Trinajstić information content (AvgIpc) is 2.22. The van der Waals surface area contributed by atoms with Crippen molar-refractivity contribution in [1.82, 2.24) is 0 Å². The molecule has 0 N–H and O–H groups in total. The first-order chi connectivity index (χ1) is 7.00. The Bertz CT molecular complexity index is 202. The number of rotatable bonds is 0. The Hall–Kier alpha value is -1.04. The minimum Gasteiger partial charge on any atom is -0.0845 e. The van der Waals surface area contributed by atoms with Gasteiger partial charge in [0.25, 0.3) is 0 Å². The molecular weight excluding hydrogens is 168 g/mol. The van der Waals surface area contributed by atoms with Gasteiger partial charge in [0, 0.05) is 0 Å². The molecule has 1 aliphatic carbocycles. The van der Waals surface area contributed by atoms with Gasteiger partial charge in [-0.2, -0.15) is 0 Å². The standard InChI is InChI=1S/C14H20/c1-2-4-6-8-10-12-14-13-11-9-7-5-3-1/h1-8H,9-14H2/b3-1-,4-2?,7-5+,8-6?. The molecule has 0 heteroatoms. The zero-order valence-electron chi connectivity index (χ0n) is 8.86. The predicted molar refractivity (Wildman–Crippen MR) is 64.3 cm³/mol. The maximum absolute atomic E-state index is 2.26. The summed E-state index contributed by atoms with van der Waals surface area (Å²) in [6.45, 7) is 0. The lowest BCUT2D eigenvalue weighted by atomic mass is 10.1. The molecule has 0 aromatic heterocycles. The van der Waals surface area contributed by atoms with Crippen LogP contribution in [0, 0.1) is 0 Å². The van der Waals surface area contributed by atoms with Crippen LogP contribution < -0.4 is 0 Å². The summed E-state index contributed by atoms with van der Waals surface area (Å²) < 4.78 is 0. The summed E-state index contributed by atoms with van der Waals surface area (Å²) >= 11 is 0. The van der Waals surface area contributed by atoms with Crippen LogP contribution in [0.3, 0.4) is 0 Å². The van der Waals surface area contributed by atoms with Gasteiger partial charge in [-0.3, -0.25) is 0 Å². The summed E-state index contributed by atoms with van der Waals surface area (Å²) in [5, 5.41) is 0. The summed E-state index contributed by atoms with van der Waals surface area (Å²) in [6.07, 6.45) is 25.0. The van der Waals surface area contributed by atoms with Crippen LogP contribution in [-0.4, -0.2) is 0 Å². The van der Waals surface area contributed by atoms with Crippen molar-refractivity contribution in [3.8, 4) is 0 Å². The molecule has 76 valence electrons. The maximum Gasteiger partial charge on any atom is -0.0348 e. The Labute approximate surface area is 87.7 Å². The van der Waals surface area contributed by atoms with Crippen LogP contribution >= 0.6 is 0 Å². The fourth-order valence-electron chi connectivity index (χ4n) is 1.48. The fourth-order valence-corrected chi connectivity index (χ4v) is 1.48. The molecule has 0 unspecified atom stereocenters. The zero-order chi connectivity index (χ0) is 9.90. The van der Waals surface area contributed by atoms with E-state index in [2.05, 4.69) is 48.6 Å². The topological polar surface area (TPSA) is 0 Å². The van der Waals surface area contributed by atoms with Crippen LogP contribution in [0.25, 0.3) is 0 Å². The highest BCUT2D eigenvalue weighted by molar-refractivity contribution is 5.15. The molecule has 0 nitrogen and oxygen atoms in total. The van der Waals surface area contributed by atoms with Crippen LogP contribution in [0.2, 0.25) is 0 Å². The van der Waals surface area contributed by atoms with Crippen molar-refractivity contribution < 1.29 is 0 Å². The first-order valence-electron chi connectivity index (χ1n) is 5.65. The third-order valence-electron chi connectivity index (χ3n) is 2.32. The normalized spacial score (nSPS) is 24.0. The van der Waals surface area contributed by atoms with E-state index >= 15 is 0 Å². The van der Waals surface area contributed by atoms with Gasteiger partial charge in [-0.1, -0.05) is 61.4 Å². The van der Waals surface area contributed by atoms with Crippen molar-refractivity contribution in [2.75, 3.05) is 0 Å². The minimum absolute atomic E-state index is 1.23. The number of allylic oxidation sites excluding steroid dienone is 8. The van der Waals surface area contributed by atoms with Gasteiger partial charge in [0.15, 0.2) is 0 Å². The van der Waals surface area contributed by atoms with E-state index in [1.165, 1.54) is 38.5 Å². The highest BCUT2D eigenvalue weighted by Gasteiger charge is 1.87. The number of hydrogen-bond donors (Lipinski definition) is 0. The molecule has 0 aliphatic heterocycles. The van der Waals surface area contributed by atoms with Gasteiger partial charge in [0.1, 0.15) is 0 Å². The summed E-state index contributed by atoms with van der Waals surface area (Å²) in [4.78, 5) is 0. The molecular formula is C14H20. The molecule has 0 radical (unpaired) electrons.